The Bertz CT molecular complexity index is 771. The Morgan fingerprint density at radius 2 is 1.96 bits per heavy atom. The van der Waals surface area contributed by atoms with Crippen LogP contribution >= 0.6 is 11.3 Å². The summed E-state index contributed by atoms with van der Waals surface area (Å²) >= 11 is 1.63. The predicted octanol–water partition coefficient (Wildman–Crippen LogP) is 1.70. The van der Waals surface area contributed by atoms with Crippen molar-refractivity contribution in [2.45, 2.75) is 24.4 Å². The van der Waals surface area contributed by atoms with Gasteiger partial charge in [-0.2, -0.15) is 11.3 Å². The maximum atomic E-state index is 12.1. The van der Waals surface area contributed by atoms with Crippen LogP contribution in [0.4, 0.5) is 0 Å². The van der Waals surface area contributed by atoms with Crippen LogP contribution in [0, 0.1) is 0 Å². The molecule has 1 aromatic heterocycles. The van der Waals surface area contributed by atoms with Crippen molar-refractivity contribution < 1.29 is 13.2 Å². The van der Waals surface area contributed by atoms with Crippen molar-refractivity contribution in [1.82, 2.24) is 10.2 Å². The molecule has 2 rings (SSSR count). The van der Waals surface area contributed by atoms with E-state index in [0.29, 0.717) is 6.54 Å². The molecule has 0 spiro atoms. The van der Waals surface area contributed by atoms with E-state index < -0.39 is 10.0 Å². The first kappa shape index (κ1) is 18.6. The minimum absolute atomic E-state index is 0.0558. The lowest BCUT2D eigenvalue weighted by atomic mass is 10.1. The zero-order valence-electron chi connectivity index (χ0n) is 13.6. The first-order chi connectivity index (χ1) is 11.3. The van der Waals surface area contributed by atoms with Gasteiger partial charge in [-0.15, -0.1) is 0 Å². The number of amides is 1. The van der Waals surface area contributed by atoms with Crippen molar-refractivity contribution >= 4 is 27.3 Å². The molecule has 1 amide bonds. The fourth-order valence-corrected chi connectivity index (χ4v) is 3.49. The Labute approximate surface area is 146 Å². The lowest BCUT2D eigenvalue weighted by Gasteiger charge is -2.19. The average molecular weight is 367 g/mol. The Balaban J connectivity index is 1.89. The van der Waals surface area contributed by atoms with Crippen molar-refractivity contribution in [3.05, 3.63) is 52.2 Å². The summed E-state index contributed by atoms with van der Waals surface area (Å²) in [4.78, 5) is 14.1. The van der Waals surface area contributed by atoms with Crippen molar-refractivity contribution in [2.75, 3.05) is 13.6 Å². The molecule has 0 aliphatic carbocycles. The SMILES string of the molecule is C[C@@H](NC(=O)CN(C)Cc1ccsc1)c1ccc(S(N)(=O)=O)cc1. The molecule has 1 heterocycles. The van der Waals surface area contributed by atoms with Gasteiger partial charge in [0.2, 0.25) is 15.9 Å². The third-order valence-electron chi connectivity index (χ3n) is 3.53. The minimum atomic E-state index is -3.70. The van der Waals surface area contributed by atoms with Gasteiger partial charge in [0.15, 0.2) is 0 Å². The molecule has 0 saturated heterocycles. The highest BCUT2D eigenvalue weighted by Crippen LogP contribution is 2.15. The van der Waals surface area contributed by atoms with Crippen molar-refractivity contribution in [3.63, 3.8) is 0 Å². The van der Waals surface area contributed by atoms with Gasteiger partial charge in [0, 0.05) is 6.54 Å². The van der Waals surface area contributed by atoms with Gasteiger partial charge in [-0.25, -0.2) is 13.6 Å². The summed E-state index contributed by atoms with van der Waals surface area (Å²) in [7, 11) is -1.81. The van der Waals surface area contributed by atoms with E-state index in [1.165, 1.54) is 17.7 Å². The van der Waals surface area contributed by atoms with E-state index in [9.17, 15) is 13.2 Å². The molecule has 3 N–H and O–H groups in total. The fraction of sp³-hybridized carbons (Fsp3) is 0.312. The number of carbonyl (C=O) groups excluding carboxylic acids is 1. The zero-order valence-corrected chi connectivity index (χ0v) is 15.2. The number of sulfonamides is 1. The molecule has 0 unspecified atom stereocenters. The molecule has 0 radical (unpaired) electrons. The van der Waals surface area contributed by atoms with Crippen molar-refractivity contribution in [1.29, 1.82) is 0 Å². The molecule has 0 aliphatic heterocycles. The average Bonchev–Trinajstić information content (AvgIpc) is 2.98. The largest absolute Gasteiger partial charge is 0.348 e. The summed E-state index contributed by atoms with van der Waals surface area (Å²) in [5, 5.41) is 12.0. The molecule has 0 bridgehead atoms. The molecule has 0 fully saturated rings. The number of thiophene rings is 1. The third-order valence-corrected chi connectivity index (χ3v) is 5.19. The van der Waals surface area contributed by atoms with Crippen LogP contribution in [0.15, 0.2) is 46.0 Å². The van der Waals surface area contributed by atoms with E-state index in [1.807, 2.05) is 30.3 Å². The normalized spacial score (nSPS) is 13.0. The zero-order chi connectivity index (χ0) is 17.7. The molecular weight excluding hydrogens is 346 g/mol. The quantitative estimate of drug-likeness (QED) is 0.779. The summed E-state index contributed by atoms with van der Waals surface area (Å²) in [5.41, 5.74) is 2.00. The van der Waals surface area contributed by atoms with E-state index in [2.05, 4.69) is 10.7 Å². The molecule has 6 nitrogen and oxygen atoms in total. The predicted molar refractivity (Wildman–Crippen MR) is 95.0 cm³/mol. The molecular formula is C16H21N3O3S2. The summed E-state index contributed by atoms with van der Waals surface area (Å²) in [6.07, 6.45) is 0. The Morgan fingerprint density at radius 3 is 2.50 bits per heavy atom. The first-order valence-corrected chi connectivity index (χ1v) is 9.86. The number of nitrogens with two attached hydrogens (primary N) is 1. The molecule has 1 atom stereocenters. The molecule has 0 saturated carbocycles. The Kier molecular flexibility index (Phi) is 6.11. The monoisotopic (exact) mass is 367 g/mol. The fourth-order valence-electron chi connectivity index (χ4n) is 2.31. The summed E-state index contributed by atoms with van der Waals surface area (Å²) < 4.78 is 22.5. The van der Waals surface area contributed by atoms with Gasteiger partial charge in [0.05, 0.1) is 17.5 Å². The summed E-state index contributed by atoms with van der Waals surface area (Å²) in [6.45, 7) is 2.85. The molecule has 8 heteroatoms. The maximum Gasteiger partial charge on any atom is 0.238 e. The van der Waals surface area contributed by atoms with Gasteiger partial charge in [-0.1, -0.05) is 12.1 Å². The molecule has 24 heavy (non-hydrogen) atoms. The van der Waals surface area contributed by atoms with Crippen LogP contribution in [0.5, 0.6) is 0 Å². The number of benzene rings is 1. The van der Waals surface area contributed by atoms with E-state index in [0.717, 1.165) is 5.56 Å². The van der Waals surface area contributed by atoms with E-state index in [1.54, 1.807) is 23.5 Å². The van der Waals surface area contributed by atoms with Crippen LogP contribution in [-0.4, -0.2) is 32.8 Å². The Hall–Kier alpha value is -1.74. The van der Waals surface area contributed by atoms with Crippen LogP contribution in [0.25, 0.3) is 0 Å². The molecule has 1 aromatic carbocycles. The number of hydrogen-bond acceptors (Lipinski definition) is 5. The molecule has 0 aliphatic rings. The van der Waals surface area contributed by atoms with Crippen LogP contribution in [0.1, 0.15) is 24.1 Å². The highest BCUT2D eigenvalue weighted by Gasteiger charge is 2.13. The third kappa shape index (κ3) is 5.41. The highest BCUT2D eigenvalue weighted by molar-refractivity contribution is 7.89. The van der Waals surface area contributed by atoms with Crippen molar-refractivity contribution in [2.24, 2.45) is 5.14 Å². The second kappa shape index (κ2) is 7.89. The lowest BCUT2D eigenvalue weighted by molar-refractivity contribution is -0.122. The summed E-state index contributed by atoms with van der Waals surface area (Å²) in [5.74, 6) is -0.0873. The van der Waals surface area contributed by atoms with Crippen LogP contribution in [0.2, 0.25) is 0 Å². The van der Waals surface area contributed by atoms with Crippen LogP contribution in [0.3, 0.4) is 0 Å². The van der Waals surface area contributed by atoms with E-state index >= 15 is 0 Å². The number of hydrogen-bond donors (Lipinski definition) is 2. The van der Waals surface area contributed by atoms with Gasteiger partial charge in [-0.3, -0.25) is 9.69 Å². The van der Waals surface area contributed by atoms with Crippen molar-refractivity contribution in [3.8, 4) is 0 Å². The van der Waals surface area contributed by atoms with Gasteiger partial charge in [0.25, 0.3) is 0 Å². The molecule has 2 aromatic rings. The second-order valence-corrected chi connectivity index (χ2v) is 8.05. The smallest absolute Gasteiger partial charge is 0.238 e. The number of carbonyl (C=O) groups is 1. The van der Waals surface area contributed by atoms with Gasteiger partial charge >= 0.3 is 0 Å². The summed E-state index contributed by atoms with van der Waals surface area (Å²) in [6, 6.07) is 8.00. The standard InChI is InChI=1S/C16H21N3O3S2/c1-12(14-3-5-15(6-4-14)24(17,21)22)18-16(20)10-19(2)9-13-7-8-23-11-13/h3-8,11-12H,9-10H2,1-2H3,(H,18,20)(H2,17,21,22)/t12-/m1/s1. The molecule has 130 valence electrons. The number of rotatable bonds is 7. The van der Waals surface area contributed by atoms with E-state index in [4.69, 9.17) is 5.14 Å². The van der Waals surface area contributed by atoms with Gasteiger partial charge in [-0.05, 0) is 54.1 Å². The first-order valence-electron chi connectivity index (χ1n) is 7.37. The maximum absolute atomic E-state index is 12.1. The number of likely N-dealkylation sites (N-methyl/N-ethyl adjacent to an activating group) is 1. The van der Waals surface area contributed by atoms with Crippen LogP contribution in [-0.2, 0) is 21.4 Å². The van der Waals surface area contributed by atoms with Crippen LogP contribution < -0.4 is 10.5 Å². The number of primary sulfonamides is 1. The minimum Gasteiger partial charge on any atom is -0.348 e. The van der Waals surface area contributed by atoms with E-state index in [-0.39, 0.29) is 23.4 Å². The Morgan fingerprint density at radius 1 is 1.29 bits per heavy atom. The number of nitrogens with zero attached hydrogens (tertiary/aromatic N) is 1. The number of nitrogens with one attached hydrogen (secondary N) is 1. The lowest BCUT2D eigenvalue weighted by Crippen LogP contribution is -2.36. The highest BCUT2D eigenvalue weighted by atomic mass is 32.2. The second-order valence-electron chi connectivity index (χ2n) is 5.71. The topological polar surface area (TPSA) is 92.5 Å². The van der Waals surface area contributed by atoms with Gasteiger partial charge < -0.3 is 5.32 Å². The van der Waals surface area contributed by atoms with Gasteiger partial charge in [0.1, 0.15) is 0 Å².